The van der Waals surface area contributed by atoms with E-state index in [9.17, 15) is 4.79 Å². The molecule has 1 N–H and O–H groups in total. The molecule has 7 heteroatoms. The summed E-state index contributed by atoms with van der Waals surface area (Å²) in [5.74, 6) is 0.752. The van der Waals surface area contributed by atoms with Gasteiger partial charge in [-0.15, -0.1) is 0 Å². The van der Waals surface area contributed by atoms with E-state index in [1.807, 2.05) is 39.0 Å². The predicted molar refractivity (Wildman–Crippen MR) is 125 cm³/mol. The number of piperazine rings is 1. The molecule has 3 rings (SSSR count). The third-order valence-corrected chi connectivity index (χ3v) is 6.87. The van der Waals surface area contributed by atoms with Gasteiger partial charge in [-0.3, -0.25) is 4.90 Å². The number of rotatable bonds is 5. The van der Waals surface area contributed by atoms with Crippen LogP contribution in [0.15, 0.2) is 18.2 Å². The molecule has 1 aliphatic heterocycles. The van der Waals surface area contributed by atoms with Crippen LogP contribution < -0.4 is 10.2 Å². The van der Waals surface area contributed by atoms with Gasteiger partial charge >= 0.3 is 6.09 Å². The first-order valence-corrected chi connectivity index (χ1v) is 11.9. The van der Waals surface area contributed by atoms with Crippen molar-refractivity contribution in [2.24, 2.45) is 5.92 Å². The number of benzene rings is 1. The summed E-state index contributed by atoms with van der Waals surface area (Å²) in [6, 6.07) is 6.10. The van der Waals surface area contributed by atoms with Crippen molar-refractivity contribution >= 4 is 35.0 Å². The van der Waals surface area contributed by atoms with Crippen molar-refractivity contribution in [2.75, 3.05) is 37.6 Å². The van der Waals surface area contributed by atoms with Gasteiger partial charge < -0.3 is 15.0 Å². The molecule has 30 heavy (non-hydrogen) atoms. The highest BCUT2D eigenvalue weighted by Crippen LogP contribution is 2.33. The summed E-state index contributed by atoms with van der Waals surface area (Å²) in [7, 11) is 0. The summed E-state index contributed by atoms with van der Waals surface area (Å²) in [6.07, 6.45) is 5.40. The molecule has 5 nitrogen and oxygen atoms in total. The third kappa shape index (κ3) is 6.93. The van der Waals surface area contributed by atoms with Gasteiger partial charge in [0, 0.05) is 32.2 Å². The van der Waals surface area contributed by atoms with E-state index in [0.717, 1.165) is 57.2 Å². The number of anilines is 1. The second-order valence-corrected chi connectivity index (χ2v) is 10.3. The Hall–Kier alpha value is -1.17. The molecule has 0 radical (unpaired) electrons. The summed E-state index contributed by atoms with van der Waals surface area (Å²) in [6.45, 7) is 10.9. The zero-order chi connectivity index (χ0) is 21.7. The highest BCUT2D eigenvalue weighted by atomic mass is 35.5. The molecular weight excluding hydrogens is 421 g/mol. The van der Waals surface area contributed by atoms with Crippen LogP contribution in [0.3, 0.4) is 0 Å². The second kappa shape index (κ2) is 10.4. The number of carbonyl (C=O) groups is 1. The highest BCUT2D eigenvalue weighted by molar-refractivity contribution is 6.43. The molecule has 1 heterocycles. The van der Waals surface area contributed by atoms with E-state index in [0.29, 0.717) is 10.0 Å². The molecule has 1 saturated carbocycles. The van der Waals surface area contributed by atoms with Crippen molar-refractivity contribution in [3.8, 4) is 0 Å². The number of nitrogens with one attached hydrogen (secondary N) is 1. The fraction of sp³-hybridized carbons (Fsp3) is 0.696. The Kier molecular flexibility index (Phi) is 8.17. The molecule has 2 aliphatic rings. The highest BCUT2D eigenvalue weighted by Gasteiger charge is 2.26. The number of hydrogen-bond acceptors (Lipinski definition) is 4. The van der Waals surface area contributed by atoms with Crippen LogP contribution in [0.1, 0.15) is 52.9 Å². The van der Waals surface area contributed by atoms with Gasteiger partial charge in [0.05, 0.1) is 15.7 Å². The summed E-state index contributed by atoms with van der Waals surface area (Å²) >= 11 is 12.5. The van der Waals surface area contributed by atoms with Crippen LogP contribution in [-0.2, 0) is 4.74 Å². The van der Waals surface area contributed by atoms with Gasteiger partial charge in [-0.1, -0.05) is 29.3 Å². The average molecular weight is 456 g/mol. The van der Waals surface area contributed by atoms with Crippen molar-refractivity contribution in [3.63, 3.8) is 0 Å². The van der Waals surface area contributed by atoms with Crippen LogP contribution in [0.5, 0.6) is 0 Å². The topological polar surface area (TPSA) is 44.8 Å². The van der Waals surface area contributed by atoms with Crippen LogP contribution in [0, 0.1) is 5.92 Å². The zero-order valence-corrected chi connectivity index (χ0v) is 19.9. The van der Waals surface area contributed by atoms with Crippen molar-refractivity contribution in [3.05, 3.63) is 28.2 Å². The molecule has 0 aromatic heterocycles. The van der Waals surface area contributed by atoms with Gasteiger partial charge in [0.2, 0.25) is 0 Å². The maximum Gasteiger partial charge on any atom is 0.407 e. The number of halogens is 2. The van der Waals surface area contributed by atoms with E-state index in [1.54, 1.807) is 0 Å². The van der Waals surface area contributed by atoms with Crippen molar-refractivity contribution < 1.29 is 9.53 Å². The Morgan fingerprint density at radius 1 is 1.10 bits per heavy atom. The number of ether oxygens (including phenoxy) is 1. The lowest BCUT2D eigenvalue weighted by Gasteiger charge is -2.37. The van der Waals surface area contributed by atoms with E-state index < -0.39 is 5.60 Å². The van der Waals surface area contributed by atoms with Crippen LogP contribution in [0.25, 0.3) is 0 Å². The lowest BCUT2D eigenvalue weighted by molar-refractivity contribution is 0.0486. The standard InChI is InChI=1S/C23H35Cl2N3O2/c1-23(2,3)30-22(29)26-18-9-7-17(8-10-18)11-12-27-13-15-28(16-14-27)20-6-4-5-19(24)21(20)25/h4-6,17-18H,7-16H2,1-3H3,(H,26,29)/t17-,18-. The lowest BCUT2D eigenvalue weighted by atomic mass is 9.84. The van der Waals surface area contributed by atoms with Crippen molar-refractivity contribution in [1.82, 2.24) is 10.2 Å². The quantitative estimate of drug-likeness (QED) is 0.628. The monoisotopic (exact) mass is 455 g/mol. The molecule has 1 aliphatic carbocycles. The minimum Gasteiger partial charge on any atom is -0.444 e. The Balaban J connectivity index is 1.34. The predicted octanol–water partition coefficient (Wildman–Crippen LogP) is 5.59. The zero-order valence-electron chi connectivity index (χ0n) is 18.4. The Bertz CT molecular complexity index is 707. The fourth-order valence-corrected chi connectivity index (χ4v) is 4.80. The first kappa shape index (κ1) is 23.5. The first-order valence-electron chi connectivity index (χ1n) is 11.1. The molecule has 2 fully saturated rings. The molecule has 0 atom stereocenters. The van der Waals surface area contributed by atoms with Gasteiger partial charge in [0.1, 0.15) is 5.60 Å². The van der Waals surface area contributed by atoms with Crippen LogP contribution in [0.4, 0.5) is 10.5 Å². The number of hydrogen-bond donors (Lipinski definition) is 1. The van der Waals surface area contributed by atoms with Gasteiger partial charge in [0.25, 0.3) is 0 Å². The van der Waals surface area contributed by atoms with Gasteiger partial charge in [0.15, 0.2) is 0 Å². The number of carbonyl (C=O) groups excluding carboxylic acids is 1. The molecule has 168 valence electrons. The Labute approximate surface area is 191 Å². The Morgan fingerprint density at radius 2 is 1.77 bits per heavy atom. The molecular formula is C23H35Cl2N3O2. The van der Waals surface area contributed by atoms with E-state index in [-0.39, 0.29) is 12.1 Å². The normalized spacial score (nSPS) is 23.3. The van der Waals surface area contributed by atoms with Gasteiger partial charge in [-0.25, -0.2) is 4.79 Å². The maximum atomic E-state index is 11.9. The molecule has 1 aromatic carbocycles. The van der Waals surface area contributed by atoms with E-state index in [2.05, 4.69) is 15.1 Å². The smallest absolute Gasteiger partial charge is 0.407 e. The Morgan fingerprint density at radius 3 is 2.40 bits per heavy atom. The number of amides is 1. The molecule has 0 spiro atoms. The number of alkyl carbamates (subject to hydrolysis) is 1. The molecule has 1 amide bonds. The summed E-state index contributed by atoms with van der Waals surface area (Å²) in [5.41, 5.74) is 0.600. The lowest BCUT2D eigenvalue weighted by Crippen LogP contribution is -2.47. The van der Waals surface area contributed by atoms with E-state index in [4.69, 9.17) is 27.9 Å². The summed E-state index contributed by atoms with van der Waals surface area (Å²) in [5, 5.41) is 4.31. The second-order valence-electron chi connectivity index (χ2n) is 9.55. The van der Waals surface area contributed by atoms with E-state index in [1.165, 1.54) is 19.3 Å². The van der Waals surface area contributed by atoms with Crippen LogP contribution >= 0.6 is 23.2 Å². The van der Waals surface area contributed by atoms with Gasteiger partial charge in [-0.05, 0) is 77.5 Å². The van der Waals surface area contributed by atoms with Crippen LogP contribution in [-0.4, -0.2) is 55.4 Å². The molecule has 0 bridgehead atoms. The minimum absolute atomic E-state index is 0.252. The SMILES string of the molecule is CC(C)(C)OC(=O)N[C@H]1CC[C@H](CCN2CCN(c3cccc(Cl)c3Cl)CC2)CC1. The van der Waals surface area contributed by atoms with Crippen molar-refractivity contribution in [1.29, 1.82) is 0 Å². The molecule has 1 saturated heterocycles. The fourth-order valence-electron chi connectivity index (χ4n) is 4.38. The first-order chi connectivity index (χ1) is 14.2. The number of nitrogens with zero attached hydrogens (tertiary/aromatic N) is 2. The summed E-state index contributed by atoms with van der Waals surface area (Å²) < 4.78 is 5.37. The average Bonchev–Trinajstić information content (AvgIpc) is 2.69. The summed E-state index contributed by atoms with van der Waals surface area (Å²) in [4.78, 5) is 16.8. The maximum absolute atomic E-state index is 11.9. The van der Waals surface area contributed by atoms with Crippen LogP contribution in [0.2, 0.25) is 10.0 Å². The van der Waals surface area contributed by atoms with E-state index >= 15 is 0 Å². The molecule has 0 unspecified atom stereocenters. The van der Waals surface area contributed by atoms with Crippen molar-refractivity contribution in [2.45, 2.75) is 64.5 Å². The van der Waals surface area contributed by atoms with Gasteiger partial charge in [-0.2, -0.15) is 0 Å². The molecule has 1 aromatic rings. The largest absolute Gasteiger partial charge is 0.444 e. The third-order valence-electron chi connectivity index (χ3n) is 6.07. The minimum atomic E-state index is -0.441.